The van der Waals surface area contributed by atoms with Gasteiger partial charge in [0.15, 0.2) is 0 Å². The Bertz CT molecular complexity index is 414. The number of hydrogen-bond donors (Lipinski definition) is 1. The van der Waals surface area contributed by atoms with Crippen molar-refractivity contribution < 1.29 is 14.2 Å². The molecule has 1 aliphatic rings. The smallest absolute Gasteiger partial charge is 0.127 e. The standard InChI is InChI=1S/C16H25NO3/c1-12(2)17-11-13-4-5-15(18-3)10-16(13)20-14-6-8-19-9-7-14/h4-5,10,12,14,17H,6-9,11H2,1-3H3. The average Bonchev–Trinajstić information content (AvgIpc) is 2.46. The molecule has 0 aromatic heterocycles. The molecule has 0 spiro atoms. The summed E-state index contributed by atoms with van der Waals surface area (Å²) < 4.78 is 16.8. The maximum atomic E-state index is 6.16. The minimum Gasteiger partial charge on any atom is -0.497 e. The Morgan fingerprint density at radius 1 is 1.30 bits per heavy atom. The van der Waals surface area contributed by atoms with Crippen molar-refractivity contribution in [2.75, 3.05) is 20.3 Å². The minimum atomic E-state index is 0.244. The van der Waals surface area contributed by atoms with Crippen molar-refractivity contribution >= 4 is 0 Å². The van der Waals surface area contributed by atoms with Gasteiger partial charge in [-0.2, -0.15) is 0 Å². The molecule has 1 aromatic carbocycles. The van der Waals surface area contributed by atoms with Crippen molar-refractivity contribution in [3.8, 4) is 11.5 Å². The molecule has 1 fully saturated rings. The van der Waals surface area contributed by atoms with E-state index in [4.69, 9.17) is 14.2 Å². The molecule has 1 aromatic rings. The van der Waals surface area contributed by atoms with Crippen LogP contribution < -0.4 is 14.8 Å². The van der Waals surface area contributed by atoms with Crippen LogP contribution in [0, 0.1) is 0 Å². The fourth-order valence-corrected chi connectivity index (χ4v) is 2.21. The molecule has 1 saturated heterocycles. The van der Waals surface area contributed by atoms with Crippen LogP contribution in [-0.4, -0.2) is 32.5 Å². The van der Waals surface area contributed by atoms with Crippen molar-refractivity contribution in [1.82, 2.24) is 5.32 Å². The molecule has 0 aliphatic carbocycles. The van der Waals surface area contributed by atoms with E-state index in [1.807, 2.05) is 12.1 Å². The maximum absolute atomic E-state index is 6.16. The van der Waals surface area contributed by atoms with Gasteiger partial charge >= 0.3 is 0 Å². The highest BCUT2D eigenvalue weighted by atomic mass is 16.5. The summed E-state index contributed by atoms with van der Waals surface area (Å²) in [7, 11) is 1.68. The van der Waals surface area contributed by atoms with E-state index >= 15 is 0 Å². The SMILES string of the molecule is COc1ccc(CNC(C)C)c(OC2CCOCC2)c1. The lowest BCUT2D eigenvalue weighted by molar-refractivity contribution is 0.0251. The number of nitrogens with one attached hydrogen (secondary N) is 1. The molecule has 0 bridgehead atoms. The maximum Gasteiger partial charge on any atom is 0.127 e. The third-order valence-electron chi connectivity index (χ3n) is 3.44. The molecule has 112 valence electrons. The average molecular weight is 279 g/mol. The zero-order valence-electron chi connectivity index (χ0n) is 12.6. The van der Waals surface area contributed by atoms with Crippen molar-refractivity contribution in [1.29, 1.82) is 0 Å². The second kappa shape index (κ2) is 7.50. The highest BCUT2D eigenvalue weighted by Crippen LogP contribution is 2.27. The summed E-state index contributed by atoms with van der Waals surface area (Å²) >= 11 is 0. The van der Waals surface area contributed by atoms with E-state index < -0.39 is 0 Å². The van der Waals surface area contributed by atoms with E-state index in [0.29, 0.717) is 6.04 Å². The zero-order chi connectivity index (χ0) is 14.4. The number of methoxy groups -OCH3 is 1. The molecule has 0 amide bonds. The van der Waals surface area contributed by atoms with Crippen LogP contribution in [0.2, 0.25) is 0 Å². The van der Waals surface area contributed by atoms with Crippen LogP contribution in [0.5, 0.6) is 11.5 Å². The van der Waals surface area contributed by atoms with Gasteiger partial charge in [-0.3, -0.25) is 0 Å². The van der Waals surface area contributed by atoms with E-state index in [9.17, 15) is 0 Å². The quantitative estimate of drug-likeness (QED) is 0.869. The monoisotopic (exact) mass is 279 g/mol. The second-order valence-corrected chi connectivity index (χ2v) is 5.44. The summed E-state index contributed by atoms with van der Waals surface area (Å²) in [5.74, 6) is 1.75. The second-order valence-electron chi connectivity index (χ2n) is 5.44. The Labute approximate surface area is 121 Å². The van der Waals surface area contributed by atoms with Gasteiger partial charge in [-0.05, 0) is 6.07 Å². The lowest BCUT2D eigenvalue weighted by Crippen LogP contribution is -2.27. The molecule has 1 aliphatic heterocycles. The van der Waals surface area contributed by atoms with Crippen LogP contribution in [0.3, 0.4) is 0 Å². The Kier molecular flexibility index (Phi) is 5.68. The lowest BCUT2D eigenvalue weighted by atomic mass is 10.1. The molecule has 2 rings (SSSR count). The molecule has 0 atom stereocenters. The van der Waals surface area contributed by atoms with Gasteiger partial charge in [0.05, 0.1) is 20.3 Å². The minimum absolute atomic E-state index is 0.244. The Hall–Kier alpha value is -1.26. The molecule has 0 radical (unpaired) electrons. The topological polar surface area (TPSA) is 39.7 Å². The van der Waals surface area contributed by atoms with E-state index in [1.54, 1.807) is 7.11 Å². The molecule has 0 unspecified atom stereocenters. The van der Waals surface area contributed by atoms with Gasteiger partial charge in [-0.25, -0.2) is 0 Å². The number of ether oxygens (including phenoxy) is 3. The third kappa shape index (κ3) is 4.39. The first-order valence-corrected chi connectivity index (χ1v) is 7.33. The largest absolute Gasteiger partial charge is 0.497 e. The Balaban J connectivity index is 2.09. The van der Waals surface area contributed by atoms with Gasteiger partial charge in [0.2, 0.25) is 0 Å². The summed E-state index contributed by atoms with van der Waals surface area (Å²) in [5.41, 5.74) is 1.17. The molecule has 4 heteroatoms. The highest BCUT2D eigenvalue weighted by molar-refractivity contribution is 5.41. The molecule has 1 N–H and O–H groups in total. The first kappa shape index (κ1) is 15.1. The van der Waals surface area contributed by atoms with Gasteiger partial charge in [-0.1, -0.05) is 19.9 Å². The van der Waals surface area contributed by atoms with Crippen LogP contribution in [-0.2, 0) is 11.3 Å². The van der Waals surface area contributed by atoms with Crippen molar-refractivity contribution in [2.45, 2.75) is 45.4 Å². The molecule has 0 saturated carbocycles. The molecule has 1 heterocycles. The van der Waals surface area contributed by atoms with Gasteiger partial charge in [0.1, 0.15) is 17.6 Å². The highest BCUT2D eigenvalue weighted by Gasteiger charge is 2.17. The summed E-state index contributed by atoms with van der Waals surface area (Å²) in [6.45, 7) is 6.66. The van der Waals surface area contributed by atoms with E-state index in [2.05, 4.69) is 25.2 Å². The van der Waals surface area contributed by atoms with Crippen LogP contribution in [0.25, 0.3) is 0 Å². The van der Waals surface area contributed by atoms with Crippen molar-refractivity contribution in [3.05, 3.63) is 23.8 Å². The molecule has 4 nitrogen and oxygen atoms in total. The number of rotatable bonds is 6. The first-order chi connectivity index (χ1) is 9.69. The Morgan fingerprint density at radius 2 is 2.05 bits per heavy atom. The summed E-state index contributed by atoms with van der Waals surface area (Å²) in [6, 6.07) is 6.48. The van der Waals surface area contributed by atoms with Crippen LogP contribution >= 0.6 is 0 Å². The Morgan fingerprint density at radius 3 is 2.70 bits per heavy atom. The molecular formula is C16H25NO3. The van der Waals surface area contributed by atoms with Gasteiger partial charge in [0, 0.05) is 37.1 Å². The summed E-state index contributed by atoms with van der Waals surface area (Å²) in [4.78, 5) is 0. The molecular weight excluding hydrogens is 254 g/mol. The van der Waals surface area contributed by atoms with Gasteiger partial charge in [-0.15, -0.1) is 0 Å². The predicted molar refractivity (Wildman–Crippen MR) is 79.4 cm³/mol. The third-order valence-corrected chi connectivity index (χ3v) is 3.44. The normalized spacial score (nSPS) is 16.4. The van der Waals surface area contributed by atoms with Crippen molar-refractivity contribution in [2.24, 2.45) is 0 Å². The van der Waals surface area contributed by atoms with E-state index in [1.165, 1.54) is 5.56 Å². The summed E-state index contributed by atoms with van der Waals surface area (Å²) in [5, 5.41) is 3.43. The predicted octanol–water partition coefficient (Wildman–Crippen LogP) is 2.75. The van der Waals surface area contributed by atoms with Crippen LogP contribution in [0.15, 0.2) is 18.2 Å². The summed E-state index contributed by atoms with van der Waals surface area (Å²) in [6.07, 6.45) is 2.15. The van der Waals surface area contributed by atoms with Gasteiger partial charge in [0.25, 0.3) is 0 Å². The van der Waals surface area contributed by atoms with Crippen LogP contribution in [0.1, 0.15) is 32.3 Å². The molecule has 20 heavy (non-hydrogen) atoms. The zero-order valence-corrected chi connectivity index (χ0v) is 12.6. The lowest BCUT2D eigenvalue weighted by Gasteiger charge is -2.25. The van der Waals surface area contributed by atoms with E-state index in [0.717, 1.165) is 44.1 Å². The van der Waals surface area contributed by atoms with Crippen molar-refractivity contribution in [3.63, 3.8) is 0 Å². The number of benzene rings is 1. The van der Waals surface area contributed by atoms with Crippen LogP contribution in [0.4, 0.5) is 0 Å². The fourth-order valence-electron chi connectivity index (χ4n) is 2.21. The van der Waals surface area contributed by atoms with E-state index in [-0.39, 0.29) is 6.10 Å². The first-order valence-electron chi connectivity index (χ1n) is 7.33. The van der Waals surface area contributed by atoms with Gasteiger partial charge < -0.3 is 19.5 Å². The number of hydrogen-bond acceptors (Lipinski definition) is 4. The fraction of sp³-hybridized carbons (Fsp3) is 0.625.